The van der Waals surface area contributed by atoms with Gasteiger partial charge in [0.2, 0.25) is 0 Å². The fraction of sp³-hybridized carbons (Fsp3) is 0.842. The van der Waals surface area contributed by atoms with Gasteiger partial charge < -0.3 is 9.47 Å². The number of hydrogen-bond donors (Lipinski definition) is 0. The molecule has 0 amide bonds. The van der Waals surface area contributed by atoms with Crippen molar-refractivity contribution >= 4 is 5.97 Å². The van der Waals surface area contributed by atoms with Gasteiger partial charge in [0.1, 0.15) is 0 Å². The molecular formula is C19H32O3. The van der Waals surface area contributed by atoms with Crippen LogP contribution in [-0.4, -0.2) is 24.8 Å². The van der Waals surface area contributed by atoms with Crippen molar-refractivity contribution in [1.29, 1.82) is 0 Å². The molecule has 3 nitrogen and oxygen atoms in total. The van der Waals surface area contributed by atoms with Crippen LogP contribution in [0.15, 0.2) is 12.2 Å². The largest absolute Gasteiger partial charge is 0.466 e. The summed E-state index contributed by atoms with van der Waals surface area (Å²) in [6.07, 6.45) is 15.5. The molecule has 3 heteroatoms. The zero-order chi connectivity index (χ0) is 15.8. The van der Waals surface area contributed by atoms with E-state index in [0.717, 1.165) is 12.8 Å². The molecule has 126 valence electrons. The van der Waals surface area contributed by atoms with Gasteiger partial charge in [0.25, 0.3) is 0 Å². The first kappa shape index (κ1) is 17.5. The van der Waals surface area contributed by atoms with Crippen LogP contribution in [0.5, 0.6) is 0 Å². The molecule has 1 saturated heterocycles. The average molecular weight is 308 g/mol. The lowest BCUT2D eigenvalue weighted by Crippen LogP contribution is -2.23. The van der Waals surface area contributed by atoms with Crippen molar-refractivity contribution in [2.75, 3.05) is 6.61 Å². The summed E-state index contributed by atoms with van der Waals surface area (Å²) >= 11 is 0. The number of esters is 1. The van der Waals surface area contributed by atoms with Crippen LogP contribution in [-0.2, 0) is 14.3 Å². The Labute approximate surface area is 135 Å². The van der Waals surface area contributed by atoms with Gasteiger partial charge in [0.05, 0.1) is 25.2 Å². The Morgan fingerprint density at radius 2 is 2.09 bits per heavy atom. The predicted octanol–water partition coefficient (Wildman–Crippen LogP) is 4.65. The van der Waals surface area contributed by atoms with E-state index in [9.17, 15) is 4.79 Å². The van der Waals surface area contributed by atoms with Gasteiger partial charge in [0.15, 0.2) is 0 Å². The molecule has 1 saturated carbocycles. The molecule has 4 unspecified atom stereocenters. The quantitative estimate of drug-likeness (QED) is 0.353. The van der Waals surface area contributed by atoms with Crippen LogP contribution in [0.3, 0.4) is 0 Å². The molecule has 0 aromatic carbocycles. The fourth-order valence-corrected chi connectivity index (χ4v) is 3.93. The number of fused-ring (bicyclic) bond motifs is 1. The summed E-state index contributed by atoms with van der Waals surface area (Å²) in [6, 6.07) is 0. The maximum atomic E-state index is 11.8. The van der Waals surface area contributed by atoms with Crippen LogP contribution in [0.4, 0.5) is 0 Å². The van der Waals surface area contributed by atoms with E-state index >= 15 is 0 Å². The highest BCUT2D eigenvalue weighted by molar-refractivity contribution is 5.70. The summed E-state index contributed by atoms with van der Waals surface area (Å²) in [5.41, 5.74) is 0. The molecule has 2 fully saturated rings. The summed E-state index contributed by atoms with van der Waals surface area (Å²) in [4.78, 5) is 11.8. The molecule has 1 aliphatic heterocycles. The van der Waals surface area contributed by atoms with E-state index in [-0.39, 0.29) is 12.1 Å². The Bertz CT molecular complexity index is 364. The molecule has 2 aliphatic rings. The Morgan fingerprint density at radius 3 is 2.86 bits per heavy atom. The molecule has 4 atom stereocenters. The minimum atomic E-state index is -0.117. The standard InChI is InChI=1S/C19H32O3/c1-3-5-6-7-8-9-11-16-15-12-10-13-17(15)22-18(16)14-19(20)21-4-2/h9,11,15-18H,3-8,10,12-14H2,1-2H3. The van der Waals surface area contributed by atoms with Crippen LogP contribution in [0.25, 0.3) is 0 Å². The Hall–Kier alpha value is -0.830. The highest BCUT2D eigenvalue weighted by atomic mass is 16.5. The van der Waals surface area contributed by atoms with Crippen LogP contribution < -0.4 is 0 Å². The monoisotopic (exact) mass is 308 g/mol. The average Bonchev–Trinajstić information content (AvgIpc) is 3.05. The van der Waals surface area contributed by atoms with E-state index < -0.39 is 0 Å². The maximum Gasteiger partial charge on any atom is 0.308 e. The van der Waals surface area contributed by atoms with Gasteiger partial charge in [-0.1, -0.05) is 44.8 Å². The smallest absolute Gasteiger partial charge is 0.308 e. The van der Waals surface area contributed by atoms with Crippen molar-refractivity contribution in [2.24, 2.45) is 11.8 Å². The van der Waals surface area contributed by atoms with Crippen molar-refractivity contribution < 1.29 is 14.3 Å². The molecule has 0 aromatic heterocycles. The summed E-state index contributed by atoms with van der Waals surface area (Å²) in [7, 11) is 0. The number of hydrogen-bond acceptors (Lipinski definition) is 3. The Kier molecular flexibility index (Phi) is 7.44. The number of rotatable bonds is 9. The van der Waals surface area contributed by atoms with Crippen LogP contribution in [0.1, 0.15) is 71.6 Å². The van der Waals surface area contributed by atoms with Crippen molar-refractivity contribution in [3.8, 4) is 0 Å². The molecule has 2 rings (SSSR count). The highest BCUT2D eigenvalue weighted by Gasteiger charge is 2.45. The first-order valence-corrected chi connectivity index (χ1v) is 9.24. The van der Waals surface area contributed by atoms with Crippen molar-refractivity contribution in [2.45, 2.75) is 83.8 Å². The first-order chi connectivity index (χ1) is 10.8. The molecule has 0 radical (unpaired) electrons. The Balaban J connectivity index is 1.85. The number of allylic oxidation sites excluding steroid dienone is 1. The van der Waals surface area contributed by atoms with E-state index in [1.165, 1.54) is 38.5 Å². The third-order valence-corrected chi connectivity index (χ3v) is 5.03. The molecule has 0 N–H and O–H groups in total. The second-order valence-electron chi connectivity index (χ2n) is 6.67. The summed E-state index contributed by atoms with van der Waals surface area (Å²) in [6.45, 7) is 4.55. The predicted molar refractivity (Wildman–Crippen MR) is 88.6 cm³/mol. The van der Waals surface area contributed by atoms with E-state index in [2.05, 4.69) is 19.1 Å². The second-order valence-corrected chi connectivity index (χ2v) is 6.67. The van der Waals surface area contributed by atoms with Crippen molar-refractivity contribution in [3.05, 3.63) is 12.2 Å². The normalized spacial score (nSPS) is 30.8. The SMILES string of the molecule is CCCCCCC=CC1C(CC(=O)OCC)OC2CCCC21. The highest BCUT2D eigenvalue weighted by Crippen LogP contribution is 2.44. The zero-order valence-corrected chi connectivity index (χ0v) is 14.3. The van der Waals surface area contributed by atoms with Crippen LogP contribution in [0.2, 0.25) is 0 Å². The molecule has 22 heavy (non-hydrogen) atoms. The van der Waals surface area contributed by atoms with Crippen molar-refractivity contribution in [1.82, 2.24) is 0 Å². The van der Waals surface area contributed by atoms with Gasteiger partial charge in [-0.2, -0.15) is 0 Å². The van der Waals surface area contributed by atoms with E-state index in [0.29, 0.717) is 31.0 Å². The number of unbranched alkanes of at least 4 members (excludes halogenated alkanes) is 4. The summed E-state index contributed by atoms with van der Waals surface area (Å²) in [5, 5.41) is 0. The van der Waals surface area contributed by atoms with Gasteiger partial charge >= 0.3 is 5.97 Å². The number of ether oxygens (including phenoxy) is 2. The third kappa shape index (κ3) is 4.84. The van der Waals surface area contributed by atoms with Crippen LogP contribution >= 0.6 is 0 Å². The zero-order valence-electron chi connectivity index (χ0n) is 14.3. The van der Waals surface area contributed by atoms with Crippen molar-refractivity contribution in [3.63, 3.8) is 0 Å². The number of carbonyl (C=O) groups excluding carboxylic acids is 1. The van der Waals surface area contributed by atoms with Gasteiger partial charge in [-0.15, -0.1) is 0 Å². The lowest BCUT2D eigenvalue weighted by molar-refractivity contribution is -0.146. The molecule has 0 bridgehead atoms. The lowest BCUT2D eigenvalue weighted by atomic mass is 9.86. The first-order valence-electron chi connectivity index (χ1n) is 9.24. The van der Waals surface area contributed by atoms with E-state index in [1.807, 2.05) is 6.92 Å². The second kappa shape index (κ2) is 9.34. The van der Waals surface area contributed by atoms with Gasteiger partial charge in [-0.25, -0.2) is 0 Å². The van der Waals surface area contributed by atoms with E-state index in [4.69, 9.17) is 9.47 Å². The molecule has 0 aromatic rings. The maximum absolute atomic E-state index is 11.8. The minimum Gasteiger partial charge on any atom is -0.466 e. The third-order valence-electron chi connectivity index (χ3n) is 5.03. The van der Waals surface area contributed by atoms with Gasteiger partial charge in [-0.05, 0) is 38.5 Å². The number of carbonyl (C=O) groups is 1. The molecular weight excluding hydrogens is 276 g/mol. The molecule has 1 heterocycles. The summed E-state index contributed by atoms with van der Waals surface area (Å²) in [5.74, 6) is 0.906. The minimum absolute atomic E-state index is 0.0289. The Morgan fingerprint density at radius 1 is 1.23 bits per heavy atom. The van der Waals surface area contributed by atoms with Gasteiger partial charge in [-0.3, -0.25) is 4.79 Å². The van der Waals surface area contributed by atoms with Crippen LogP contribution in [0, 0.1) is 11.8 Å². The van der Waals surface area contributed by atoms with Gasteiger partial charge in [0, 0.05) is 5.92 Å². The molecule has 0 spiro atoms. The lowest BCUT2D eigenvalue weighted by Gasteiger charge is -2.18. The fourth-order valence-electron chi connectivity index (χ4n) is 3.93. The topological polar surface area (TPSA) is 35.5 Å². The summed E-state index contributed by atoms with van der Waals surface area (Å²) < 4.78 is 11.3. The van der Waals surface area contributed by atoms with E-state index in [1.54, 1.807) is 0 Å². The molecule has 1 aliphatic carbocycles.